The standard InChI is InChI=1S/C8H6N2O4S/c11-4-9-5-1-2-6-7(3-5)15(13,14)10-8(6)12/h1-4H,(H,9,11)(H,10,12). The van der Waals surface area contributed by atoms with Crippen molar-refractivity contribution in [1.82, 2.24) is 4.72 Å². The third-order valence-electron chi connectivity index (χ3n) is 1.97. The van der Waals surface area contributed by atoms with Crippen molar-refractivity contribution in [2.45, 2.75) is 4.90 Å². The summed E-state index contributed by atoms with van der Waals surface area (Å²) in [5, 5.41) is 2.31. The van der Waals surface area contributed by atoms with Crippen molar-refractivity contribution >= 4 is 28.0 Å². The molecule has 2 rings (SSSR count). The van der Waals surface area contributed by atoms with Crippen LogP contribution in [0.5, 0.6) is 0 Å². The topological polar surface area (TPSA) is 92.3 Å². The Bertz CT molecular complexity index is 550. The average Bonchev–Trinajstić information content (AvgIpc) is 2.38. The van der Waals surface area contributed by atoms with E-state index in [1.807, 2.05) is 4.72 Å². The maximum Gasteiger partial charge on any atom is 0.266 e. The number of hydrogen-bond acceptors (Lipinski definition) is 4. The molecule has 0 aromatic heterocycles. The smallest absolute Gasteiger partial charge is 0.266 e. The zero-order valence-corrected chi connectivity index (χ0v) is 8.17. The maximum absolute atomic E-state index is 11.4. The number of fused-ring (bicyclic) bond motifs is 1. The van der Waals surface area contributed by atoms with Crippen LogP contribution in [-0.4, -0.2) is 20.7 Å². The molecule has 0 atom stereocenters. The normalized spacial score (nSPS) is 16.7. The van der Waals surface area contributed by atoms with Crippen molar-refractivity contribution in [3.63, 3.8) is 0 Å². The number of anilines is 1. The number of benzene rings is 1. The Kier molecular flexibility index (Phi) is 1.97. The quantitative estimate of drug-likeness (QED) is 0.676. The van der Waals surface area contributed by atoms with Gasteiger partial charge in [0.15, 0.2) is 0 Å². The third-order valence-corrected chi connectivity index (χ3v) is 3.34. The molecule has 0 unspecified atom stereocenters. The molecule has 2 N–H and O–H groups in total. The minimum Gasteiger partial charge on any atom is -0.329 e. The van der Waals surface area contributed by atoms with Crippen LogP contribution in [0.15, 0.2) is 23.1 Å². The van der Waals surface area contributed by atoms with E-state index < -0.39 is 15.9 Å². The van der Waals surface area contributed by atoms with Crippen LogP contribution in [0, 0.1) is 0 Å². The lowest BCUT2D eigenvalue weighted by Crippen LogP contribution is -2.20. The van der Waals surface area contributed by atoms with E-state index in [-0.39, 0.29) is 10.5 Å². The Balaban J connectivity index is 2.62. The second-order valence-corrected chi connectivity index (χ2v) is 4.56. The molecule has 78 valence electrons. The summed E-state index contributed by atoms with van der Waals surface area (Å²) in [7, 11) is -3.75. The molecule has 2 amide bonds. The van der Waals surface area contributed by atoms with Crippen LogP contribution in [0.2, 0.25) is 0 Å². The van der Waals surface area contributed by atoms with Gasteiger partial charge in [0.05, 0.1) is 5.56 Å². The van der Waals surface area contributed by atoms with Gasteiger partial charge in [0.25, 0.3) is 15.9 Å². The predicted molar refractivity (Wildman–Crippen MR) is 50.8 cm³/mol. The van der Waals surface area contributed by atoms with Crippen LogP contribution < -0.4 is 10.0 Å². The molecular weight excluding hydrogens is 220 g/mol. The molecule has 0 saturated heterocycles. The van der Waals surface area contributed by atoms with Gasteiger partial charge in [0.1, 0.15) is 4.90 Å². The van der Waals surface area contributed by atoms with E-state index in [1.165, 1.54) is 18.2 Å². The number of rotatable bonds is 2. The molecule has 1 aromatic rings. The highest BCUT2D eigenvalue weighted by Gasteiger charge is 2.32. The second-order valence-electron chi connectivity index (χ2n) is 2.91. The van der Waals surface area contributed by atoms with Gasteiger partial charge in [0.2, 0.25) is 6.41 Å². The van der Waals surface area contributed by atoms with Crippen molar-refractivity contribution in [3.8, 4) is 0 Å². The number of sulfonamides is 1. The van der Waals surface area contributed by atoms with Crippen LogP contribution in [-0.2, 0) is 14.8 Å². The van der Waals surface area contributed by atoms with Crippen LogP contribution in [0.3, 0.4) is 0 Å². The molecule has 0 spiro atoms. The average molecular weight is 226 g/mol. The summed E-state index contributed by atoms with van der Waals surface area (Å²) in [5.41, 5.74) is 0.412. The molecule has 0 fully saturated rings. The molecule has 0 radical (unpaired) electrons. The first-order valence-electron chi connectivity index (χ1n) is 3.96. The van der Waals surface area contributed by atoms with Crippen LogP contribution in [0.1, 0.15) is 10.4 Å². The van der Waals surface area contributed by atoms with E-state index >= 15 is 0 Å². The van der Waals surface area contributed by atoms with E-state index in [0.717, 1.165) is 0 Å². The molecule has 0 aliphatic carbocycles. The zero-order valence-electron chi connectivity index (χ0n) is 7.35. The fraction of sp³-hybridized carbons (Fsp3) is 0. The third kappa shape index (κ3) is 1.46. The number of carbonyl (C=O) groups is 2. The highest BCUT2D eigenvalue weighted by Crippen LogP contribution is 2.25. The van der Waals surface area contributed by atoms with Gasteiger partial charge in [-0.15, -0.1) is 0 Å². The first-order valence-corrected chi connectivity index (χ1v) is 5.44. The van der Waals surface area contributed by atoms with Crippen LogP contribution in [0.25, 0.3) is 0 Å². The molecule has 7 heteroatoms. The Morgan fingerprint density at radius 2 is 2.07 bits per heavy atom. The lowest BCUT2D eigenvalue weighted by molar-refractivity contribution is -0.105. The predicted octanol–water partition coefficient (Wildman–Crippen LogP) is -0.313. The lowest BCUT2D eigenvalue weighted by Gasteiger charge is -1.99. The SMILES string of the molecule is O=CNc1ccc2c(c1)S(=O)(=O)NC2=O. The zero-order chi connectivity index (χ0) is 11.1. The lowest BCUT2D eigenvalue weighted by atomic mass is 10.2. The summed E-state index contributed by atoms with van der Waals surface area (Å²) in [6.07, 6.45) is 0.429. The summed E-state index contributed by atoms with van der Waals surface area (Å²) in [4.78, 5) is 21.2. The largest absolute Gasteiger partial charge is 0.329 e. The summed E-state index contributed by atoms with van der Waals surface area (Å²) < 4.78 is 24.6. The van der Waals surface area contributed by atoms with E-state index in [4.69, 9.17) is 0 Å². The van der Waals surface area contributed by atoms with E-state index in [9.17, 15) is 18.0 Å². The minimum atomic E-state index is -3.75. The summed E-state index contributed by atoms with van der Waals surface area (Å²) in [6.45, 7) is 0. The van der Waals surface area contributed by atoms with Crippen molar-refractivity contribution in [3.05, 3.63) is 23.8 Å². The summed E-state index contributed by atoms with van der Waals surface area (Å²) >= 11 is 0. The van der Waals surface area contributed by atoms with Crippen molar-refractivity contribution in [2.75, 3.05) is 5.32 Å². The molecule has 1 aliphatic heterocycles. The number of hydrogen-bond donors (Lipinski definition) is 2. The van der Waals surface area contributed by atoms with Crippen LogP contribution >= 0.6 is 0 Å². The Labute approximate surface area is 85.3 Å². The van der Waals surface area contributed by atoms with Gasteiger partial charge >= 0.3 is 0 Å². The Morgan fingerprint density at radius 1 is 1.33 bits per heavy atom. The van der Waals surface area contributed by atoms with Gasteiger partial charge in [-0.1, -0.05) is 0 Å². The minimum absolute atomic E-state index is 0.0893. The van der Waals surface area contributed by atoms with Crippen molar-refractivity contribution in [1.29, 1.82) is 0 Å². The van der Waals surface area contributed by atoms with Gasteiger partial charge in [-0.3, -0.25) is 9.59 Å². The molecule has 0 saturated carbocycles. The number of amides is 2. The van der Waals surface area contributed by atoms with E-state index in [2.05, 4.69) is 5.32 Å². The molecule has 1 aliphatic rings. The van der Waals surface area contributed by atoms with Gasteiger partial charge in [-0.05, 0) is 18.2 Å². The monoisotopic (exact) mass is 226 g/mol. The van der Waals surface area contributed by atoms with Gasteiger partial charge < -0.3 is 5.32 Å². The fourth-order valence-corrected chi connectivity index (χ4v) is 2.52. The number of carbonyl (C=O) groups excluding carboxylic acids is 2. The summed E-state index contributed by atoms with van der Waals surface area (Å²) in [6, 6.07) is 4.03. The van der Waals surface area contributed by atoms with Gasteiger partial charge in [-0.25, -0.2) is 13.1 Å². The fourth-order valence-electron chi connectivity index (χ4n) is 1.32. The first kappa shape index (κ1) is 9.66. The molecule has 6 nitrogen and oxygen atoms in total. The van der Waals surface area contributed by atoms with E-state index in [1.54, 1.807) is 0 Å². The molecule has 1 aromatic carbocycles. The highest BCUT2D eigenvalue weighted by molar-refractivity contribution is 7.90. The van der Waals surface area contributed by atoms with Crippen molar-refractivity contribution in [2.24, 2.45) is 0 Å². The molecule has 0 bridgehead atoms. The number of nitrogens with one attached hydrogen (secondary N) is 2. The maximum atomic E-state index is 11.4. The van der Waals surface area contributed by atoms with Gasteiger partial charge in [-0.2, -0.15) is 0 Å². The molecule has 1 heterocycles. The van der Waals surface area contributed by atoms with E-state index in [0.29, 0.717) is 12.1 Å². The molecular formula is C8H6N2O4S. The second kappa shape index (κ2) is 3.06. The van der Waals surface area contributed by atoms with Gasteiger partial charge in [0, 0.05) is 5.69 Å². The molecule has 15 heavy (non-hydrogen) atoms. The van der Waals surface area contributed by atoms with Crippen molar-refractivity contribution < 1.29 is 18.0 Å². The first-order chi connectivity index (χ1) is 7.04. The Morgan fingerprint density at radius 3 is 2.73 bits per heavy atom. The Hall–Kier alpha value is -1.89. The highest BCUT2D eigenvalue weighted by atomic mass is 32.2. The van der Waals surface area contributed by atoms with Crippen LogP contribution in [0.4, 0.5) is 5.69 Å². The summed E-state index contributed by atoms with van der Waals surface area (Å²) in [5.74, 6) is -0.650.